The number of amides is 2. The van der Waals surface area contributed by atoms with Crippen molar-refractivity contribution in [2.24, 2.45) is 29.2 Å². The van der Waals surface area contributed by atoms with Crippen molar-refractivity contribution >= 4 is 11.8 Å². The molecule has 9 nitrogen and oxygen atoms in total. The van der Waals surface area contributed by atoms with Crippen LogP contribution in [0.15, 0.2) is 41.3 Å². The first-order valence-corrected chi connectivity index (χ1v) is 10.9. The molecule has 0 bridgehead atoms. The Bertz CT molecular complexity index is 1010. The molecule has 1 aromatic carbocycles. The molecule has 9 heteroatoms. The van der Waals surface area contributed by atoms with Gasteiger partial charge in [0.1, 0.15) is 5.82 Å². The van der Waals surface area contributed by atoms with Crippen LogP contribution in [0.25, 0.3) is 5.69 Å². The molecule has 2 aliphatic heterocycles. The van der Waals surface area contributed by atoms with Gasteiger partial charge in [0.25, 0.3) is 0 Å². The predicted molar refractivity (Wildman–Crippen MR) is 118 cm³/mol. The summed E-state index contributed by atoms with van der Waals surface area (Å²) in [5.41, 5.74) is 13.2. The van der Waals surface area contributed by atoms with Crippen LogP contribution in [0.1, 0.15) is 12.0 Å². The summed E-state index contributed by atoms with van der Waals surface area (Å²) in [4.78, 5) is 33.1. The van der Waals surface area contributed by atoms with E-state index in [4.69, 9.17) is 11.5 Å². The van der Waals surface area contributed by atoms with Gasteiger partial charge >= 0.3 is 11.7 Å². The molecule has 5 N–H and O–H groups in total. The number of fused-ring (bicyclic) bond motifs is 1. The molecule has 3 aliphatic rings. The number of nitrogens with zero attached hydrogens (tertiary/aromatic N) is 4. The summed E-state index contributed by atoms with van der Waals surface area (Å²) in [7, 11) is 0. The number of nitrogens with one attached hydrogen (secondary N) is 1. The highest BCUT2D eigenvalue weighted by Gasteiger charge is 2.53. The van der Waals surface area contributed by atoms with Gasteiger partial charge in [-0.2, -0.15) is 4.98 Å². The van der Waals surface area contributed by atoms with Gasteiger partial charge in [0.15, 0.2) is 0 Å². The molecule has 1 aliphatic carbocycles. The molecule has 2 saturated heterocycles. The van der Waals surface area contributed by atoms with Gasteiger partial charge in [0, 0.05) is 45.0 Å². The highest BCUT2D eigenvalue weighted by molar-refractivity contribution is 5.88. The molecule has 5 rings (SSSR count). The molecule has 1 saturated carbocycles. The van der Waals surface area contributed by atoms with Gasteiger partial charge in [-0.1, -0.05) is 12.1 Å². The number of hydrogen-bond acceptors (Lipinski definition) is 6. The van der Waals surface area contributed by atoms with Crippen molar-refractivity contribution in [3.63, 3.8) is 0 Å². The van der Waals surface area contributed by atoms with Crippen molar-refractivity contribution in [3.8, 4) is 5.69 Å². The first-order chi connectivity index (χ1) is 15.0. The van der Waals surface area contributed by atoms with Gasteiger partial charge in [-0.15, -0.1) is 0 Å². The summed E-state index contributed by atoms with van der Waals surface area (Å²) in [6.07, 6.45) is 2.55. The van der Waals surface area contributed by atoms with E-state index in [1.54, 1.807) is 17.2 Å². The standard InChI is InChI=1S/C22H29N7O2/c23-9-15-5-7-28(11-15)21(30)25-19-6-8-29(22(31)26-19)16-3-1-14(2-4-16)10-27-12-17-18(13-27)20(17)24/h1-4,6,8,15,17-18,20H,5,7,9-13,23-24H2,(H,25,26,30,31)/t15?,17-,18+,20?. The van der Waals surface area contributed by atoms with E-state index >= 15 is 0 Å². The van der Waals surface area contributed by atoms with E-state index < -0.39 is 5.69 Å². The van der Waals surface area contributed by atoms with Crippen LogP contribution in [0.2, 0.25) is 0 Å². The Kier molecular flexibility index (Phi) is 5.25. The molecule has 4 atom stereocenters. The molecular weight excluding hydrogens is 394 g/mol. The minimum atomic E-state index is -0.430. The maximum atomic E-state index is 12.5. The first-order valence-electron chi connectivity index (χ1n) is 10.9. The van der Waals surface area contributed by atoms with E-state index in [1.807, 2.05) is 24.3 Å². The van der Waals surface area contributed by atoms with Gasteiger partial charge < -0.3 is 16.4 Å². The Morgan fingerprint density at radius 1 is 1.13 bits per heavy atom. The van der Waals surface area contributed by atoms with E-state index in [2.05, 4.69) is 15.2 Å². The third kappa shape index (κ3) is 4.08. The number of hydrogen-bond donors (Lipinski definition) is 3. The minimum Gasteiger partial charge on any atom is -0.330 e. The highest BCUT2D eigenvalue weighted by atomic mass is 16.2. The minimum absolute atomic E-state index is 0.245. The normalized spacial score (nSPS) is 27.4. The van der Waals surface area contributed by atoms with Crippen LogP contribution in [0, 0.1) is 17.8 Å². The zero-order chi connectivity index (χ0) is 21.5. The summed E-state index contributed by atoms with van der Waals surface area (Å²) in [5.74, 6) is 1.94. The summed E-state index contributed by atoms with van der Waals surface area (Å²) in [6, 6.07) is 9.75. The fourth-order valence-electron chi connectivity index (χ4n) is 4.88. The smallest absolute Gasteiger partial charge is 0.330 e. The lowest BCUT2D eigenvalue weighted by molar-refractivity contribution is 0.221. The van der Waals surface area contributed by atoms with Crippen LogP contribution in [0.3, 0.4) is 0 Å². The Morgan fingerprint density at radius 3 is 2.52 bits per heavy atom. The third-order valence-electron chi connectivity index (χ3n) is 6.90. The number of rotatable bonds is 5. The van der Waals surface area contributed by atoms with E-state index in [-0.39, 0.29) is 11.8 Å². The highest BCUT2D eigenvalue weighted by Crippen LogP contribution is 2.44. The summed E-state index contributed by atoms with van der Waals surface area (Å²) in [5, 5.41) is 2.71. The Labute approximate surface area is 181 Å². The zero-order valence-corrected chi connectivity index (χ0v) is 17.5. The number of carbonyl (C=O) groups excluding carboxylic acids is 1. The Balaban J connectivity index is 1.20. The fourth-order valence-corrected chi connectivity index (χ4v) is 4.88. The Morgan fingerprint density at radius 2 is 1.87 bits per heavy atom. The van der Waals surface area contributed by atoms with Crippen LogP contribution in [0.5, 0.6) is 0 Å². The van der Waals surface area contributed by atoms with Crippen LogP contribution < -0.4 is 22.5 Å². The maximum absolute atomic E-state index is 12.5. The molecule has 164 valence electrons. The van der Waals surface area contributed by atoms with E-state index in [9.17, 15) is 9.59 Å². The monoisotopic (exact) mass is 423 g/mol. The van der Waals surface area contributed by atoms with Crippen molar-refractivity contribution in [2.75, 3.05) is 38.0 Å². The van der Waals surface area contributed by atoms with Gasteiger partial charge in [0.2, 0.25) is 0 Å². The lowest BCUT2D eigenvalue weighted by Crippen LogP contribution is -2.34. The van der Waals surface area contributed by atoms with Crippen molar-refractivity contribution in [1.82, 2.24) is 19.4 Å². The van der Waals surface area contributed by atoms with Crippen molar-refractivity contribution < 1.29 is 4.79 Å². The number of aromatic nitrogens is 2. The number of piperidine rings is 1. The molecule has 2 unspecified atom stereocenters. The number of carbonyl (C=O) groups is 1. The molecule has 1 aromatic heterocycles. The number of benzene rings is 1. The molecule has 3 fully saturated rings. The lowest BCUT2D eigenvalue weighted by atomic mass is 10.1. The van der Waals surface area contributed by atoms with E-state index in [0.717, 1.165) is 31.7 Å². The van der Waals surface area contributed by atoms with Gasteiger partial charge in [-0.05, 0) is 54.5 Å². The van der Waals surface area contributed by atoms with E-state index in [0.29, 0.717) is 43.4 Å². The fraction of sp³-hybridized carbons (Fsp3) is 0.500. The maximum Gasteiger partial charge on any atom is 0.354 e. The first kappa shape index (κ1) is 20.2. The number of anilines is 1. The molecule has 0 spiro atoms. The van der Waals surface area contributed by atoms with Crippen LogP contribution >= 0.6 is 0 Å². The second kappa shape index (κ2) is 8.07. The summed E-state index contributed by atoms with van der Waals surface area (Å²) < 4.78 is 1.48. The average molecular weight is 424 g/mol. The quantitative estimate of drug-likeness (QED) is 0.641. The number of nitrogens with two attached hydrogens (primary N) is 2. The van der Waals surface area contributed by atoms with Gasteiger partial charge in [0.05, 0.1) is 5.69 Å². The number of urea groups is 1. The van der Waals surface area contributed by atoms with Crippen LogP contribution in [0.4, 0.5) is 10.6 Å². The van der Waals surface area contributed by atoms with Crippen molar-refractivity contribution in [3.05, 3.63) is 52.6 Å². The number of likely N-dealkylation sites (tertiary alicyclic amines) is 2. The molecule has 2 amide bonds. The molecule has 31 heavy (non-hydrogen) atoms. The van der Waals surface area contributed by atoms with Gasteiger partial charge in [-0.3, -0.25) is 14.8 Å². The average Bonchev–Trinajstić information content (AvgIpc) is 3.16. The van der Waals surface area contributed by atoms with Crippen LogP contribution in [-0.2, 0) is 6.54 Å². The topological polar surface area (TPSA) is 123 Å². The van der Waals surface area contributed by atoms with Crippen molar-refractivity contribution in [1.29, 1.82) is 0 Å². The second-order valence-electron chi connectivity index (χ2n) is 9.00. The largest absolute Gasteiger partial charge is 0.354 e. The van der Waals surface area contributed by atoms with Crippen LogP contribution in [-0.4, -0.2) is 64.1 Å². The Hall–Kier alpha value is -2.75. The molecule has 3 heterocycles. The lowest BCUT2D eigenvalue weighted by Gasteiger charge is -2.19. The van der Waals surface area contributed by atoms with E-state index in [1.165, 1.54) is 10.1 Å². The van der Waals surface area contributed by atoms with Crippen molar-refractivity contribution in [2.45, 2.75) is 19.0 Å². The second-order valence-corrected chi connectivity index (χ2v) is 9.00. The van der Waals surface area contributed by atoms with Gasteiger partial charge in [-0.25, -0.2) is 9.59 Å². The third-order valence-corrected chi connectivity index (χ3v) is 6.90. The molecular formula is C22H29N7O2. The summed E-state index contributed by atoms with van der Waals surface area (Å²) in [6.45, 7) is 4.94. The zero-order valence-electron chi connectivity index (χ0n) is 17.5. The predicted octanol–water partition coefficient (Wildman–Crippen LogP) is 0.434. The molecule has 2 aromatic rings. The molecule has 0 radical (unpaired) electrons. The SMILES string of the molecule is NCC1CCN(C(=O)Nc2ccn(-c3ccc(CN4C[C@@H]5C(N)[C@@H]5C4)cc3)c(=O)n2)C1. The summed E-state index contributed by atoms with van der Waals surface area (Å²) >= 11 is 0.